The van der Waals surface area contributed by atoms with Crippen molar-refractivity contribution in [2.45, 2.75) is 31.8 Å². The third-order valence-corrected chi connectivity index (χ3v) is 6.84. The molecule has 0 unspecified atom stereocenters. The van der Waals surface area contributed by atoms with Gasteiger partial charge in [-0.1, -0.05) is 91.7 Å². The molecule has 1 heterocycles. The fourth-order valence-corrected chi connectivity index (χ4v) is 4.85. The van der Waals surface area contributed by atoms with Crippen molar-refractivity contribution >= 4 is 23.3 Å². The lowest BCUT2D eigenvalue weighted by Gasteiger charge is -2.25. The van der Waals surface area contributed by atoms with E-state index in [1.54, 1.807) is 18.2 Å². The fraction of sp³-hybridized carbons (Fsp3) is 0.212. The number of likely N-dealkylation sites (tertiary alicyclic amines) is 1. The summed E-state index contributed by atoms with van der Waals surface area (Å²) < 4.78 is 6.64. The third-order valence-electron chi connectivity index (χ3n) is 6.84. The van der Waals surface area contributed by atoms with Crippen LogP contribution >= 0.6 is 0 Å². The van der Waals surface area contributed by atoms with Crippen molar-refractivity contribution in [1.82, 2.24) is 4.90 Å². The smallest absolute Gasteiger partial charge is 0.323 e. The summed E-state index contributed by atoms with van der Waals surface area (Å²) in [7, 11) is 0. The van der Waals surface area contributed by atoms with Gasteiger partial charge in [-0.2, -0.15) is 0 Å². The van der Waals surface area contributed by atoms with Crippen LogP contribution in [0, 0.1) is 0 Å². The van der Waals surface area contributed by atoms with Gasteiger partial charge in [-0.15, -0.1) is 0 Å². The highest BCUT2D eigenvalue weighted by molar-refractivity contribution is 6.02. The highest BCUT2D eigenvalue weighted by Gasteiger charge is 2.25. The number of hydrogen-bond donors (Lipinski definition) is 2. The summed E-state index contributed by atoms with van der Waals surface area (Å²) in [5.74, 6) is 0.398. The molecule has 1 aliphatic rings. The second-order valence-corrected chi connectivity index (χ2v) is 9.68. The van der Waals surface area contributed by atoms with Gasteiger partial charge in [0.05, 0.1) is 5.56 Å². The van der Waals surface area contributed by atoms with Gasteiger partial charge >= 0.3 is 6.03 Å². The van der Waals surface area contributed by atoms with Crippen LogP contribution in [0.1, 0.15) is 53.3 Å². The predicted octanol–water partition coefficient (Wildman–Crippen LogP) is 7.52. The monoisotopic (exact) mass is 519 g/mol. The SMILES string of the molecule is O=C(Nc1ccccc1)Nc1ccc(OC(c2ccccc2)c2ccccc2)c(C(=O)N2CCCCCC2)c1. The lowest BCUT2D eigenvalue weighted by atomic mass is 10.0. The average molecular weight is 520 g/mol. The van der Waals surface area contributed by atoms with Crippen molar-refractivity contribution in [3.8, 4) is 5.75 Å². The van der Waals surface area contributed by atoms with Gasteiger partial charge < -0.3 is 20.3 Å². The van der Waals surface area contributed by atoms with Crippen molar-refractivity contribution in [2.75, 3.05) is 23.7 Å². The molecule has 5 rings (SSSR count). The molecule has 0 radical (unpaired) electrons. The van der Waals surface area contributed by atoms with Gasteiger partial charge in [0.2, 0.25) is 0 Å². The number of ether oxygens (including phenoxy) is 1. The second-order valence-electron chi connectivity index (χ2n) is 9.68. The largest absolute Gasteiger partial charge is 0.480 e. The maximum Gasteiger partial charge on any atom is 0.323 e. The van der Waals surface area contributed by atoms with E-state index in [0.717, 1.165) is 36.8 Å². The van der Waals surface area contributed by atoms with Crippen molar-refractivity contribution in [1.29, 1.82) is 0 Å². The van der Waals surface area contributed by atoms with Gasteiger partial charge in [0.25, 0.3) is 5.91 Å². The summed E-state index contributed by atoms with van der Waals surface area (Å²) in [5, 5.41) is 5.69. The molecule has 0 aliphatic carbocycles. The van der Waals surface area contributed by atoms with Gasteiger partial charge in [0.1, 0.15) is 11.9 Å². The molecule has 1 aliphatic heterocycles. The number of carbonyl (C=O) groups excluding carboxylic acids is 2. The Balaban J connectivity index is 1.47. The van der Waals surface area contributed by atoms with E-state index in [1.165, 1.54) is 0 Å². The molecule has 0 atom stereocenters. The van der Waals surface area contributed by atoms with E-state index < -0.39 is 6.10 Å². The zero-order valence-corrected chi connectivity index (χ0v) is 21.9. The Labute approximate surface area is 229 Å². The van der Waals surface area contributed by atoms with Crippen LogP contribution in [0.4, 0.5) is 16.2 Å². The first-order valence-electron chi connectivity index (χ1n) is 13.5. The van der Waals surface area contributed by atoms with E-state index in [4.69, 9.17) is 4.74 Å². The Bertz CT molecular complexity index is 1330. The zero-order chi connectivity index (χ0) is 26.9. The molecule has 6 heteroatoms. The Morgan fingerprint density at radius 1 is 0.641 bits per heavy atom. The molecule has 0 saturated carbocycles. The summed E-state index contributed by atoms with van der Waals surface area (Å²) in [6.45, 7) is 1.43. The number of amides is 3. The van der Waals surface area contributed by atoms with Crippen LogP contribution in [0.2, 0.25) is 0 Å². The number of hydrogen-bond acceptors (Lipinski definition) is 3. The molecule has 0 spiro atoms. The van der Waals surface area contributed by atoms with Crippen molar-refractivity contribution in [3.05, 3.63) is 126 Å². The Morgan fingerprint density at radius 3 is 1.77 bits per heavy atom. The molecule has 6 nitrogen and oxygen atoms in total. The van der Waals surface area contributed by atoms with Crippen molar-refractivity contribution < 1.29 is 14.3 Å². The Kier molecular flexibility index (Phi) is 8.54. The summed E-state index contributed by atoms with van der Waals surface area (Å²) in [6.07, 6.45) is 3.81. The maximum atomic E-state index is 13.9. The number of rotatable bonds is 7. The molecule has 39 heavy (non-hydrogen) atoms. The summed E-state index contributed by atoms with van der Waals surface area (Å²) >= 11 is 0. The van der Waals surface area contributed by atoms with E-state index in [9.17, 15) is 9.59 Å². The fourth-order valence-electron chi connectivity index (χ4n) is 4.85. The molecule has 3 amide bonds. The van der Waals surface area contributed by atoms with Gasteiger partial charge in [-0.25, -0.2) is 4.79 Å². The van der Waals surface area contributed by atoms with E-state index >= 15 is 0 Å². The number of para-hydroxylation sites is 1. The van der Waals surface area contributed by atoms with Gasteiger partial charge in [0.15, 0.2) is 0 Å². The molecule has 1 fully saturated rings. The highest BCUT2D eigenvalue weighted by Crippen LogP contribution is 2.33. The average Bonchev–Trinajstić information content (AvgIpc) is 3.27. The van der Waals surface area contributed by atoms with Gasteiger partial charge in [-0.05, 0) is 54.3 Å². The first-order chi connectivity index (χ1) is 19.2. The summed E-state index contributed by atoms with van der Waals surface area (Å²) in [6, 6.07) is 34.1. The quantitative estimate of drug-likeness (QED) is 0.265. The molecular weight excluding hydrogens is 486 g/mol. The molecule has 198 valence electrons. The van der Waals surface area contributed by atoms with Crippen LogP contribution in [-0.2, 0) is 0 Å². The zero-order valence-electron chi connectivity index (χ0n) is 21.9. The molecule has 4 aromatic rings. The first-order valence-corrected chi connectivity index (χ1v) is 13.5. The molecule has 1 saturated heterocycles. The van der Waals surface area contributed by atoms with Crippen LogP contribution in [0.5, 0.6) is 5.75 Å². The minimum atomic E-state index is -0.400. The number of nitrogens with one attached hydrogen (secondary N) is 2. The molecule has 4 aromatic carbocycles. The van der Waals surface area contributed by atoms with Crippen LogP contribution in [0.25, 0.3) is 0 Å². The minimum Gasteiger partial charge on any atom is -0.480 e. The van der Waals surface area contributed by atoms with E-state index in [2.05, 4.69) is 10.6 Å². The number of carbonyl (C=O) groups is 2. The number of anilines is 2. The van der Waals surface area contributed by atoms with Crippen molar-refractivity contribution in [2.24, 2.45) is 0 Å². The lowest BCUT2D eigenvalue weighted by molar-refractivity contribution is 0.0755. The van der Waals surface area contributed by atoms with E-state index in [0.29, 0.717) is 35.8 Å². The number of benzene rings is 4. The molecule has 2 N–H and O–H groups in total. The molecule has 0 bridgehead atoms. The molecular formula is C33H33N3O3. The van der Waals surface area contributed by atoms with Crippen molar-refractivity contribution in [3.63, 3.8) is 0 Å². The normalized spacial score (nSPS) is 13.4. The van der Waals surface area contributed by atoms with Crippen LogP contribution in [-0.4, -0.2) is 29.9 Å². The minimum absolute atomic E-state index is 0.0844. The standard InChI is InChI=1S/C33H33N3O3/c37-32(36-22-12-1-2-13-23-36)29-24-28(35-33(38)34-27-18-10-5-11-19-27)20-21-30(29)39-31(25-14-6-3-7-15-25)26-16-8-4-9-17-26/h3-11,14-21,24,31H,1-2,12-13,22-23H2,(H2,34,35,38). The highest BCUT2D eigenvalue weighted by atomic mass is 16.5. The maximum absolute atomic E-state index is 13.9. The summed E-state index contributed by atoms with van der Waals surface area (Å²) in [4.78, 5) is 28.5. The predicted molar refractivity (Wildman–Crippen MR) is 155 cm³/mol. The summed E-state index contributed by atoms with van der Waals surface area (Å²) in [5.41, 5.74) is 3.61. The Hall–Kier alpha value is -4.58. The first kappa shape index (κ1) is 26.0. The number of nitrogens with zero attached hydrogens (tertiary/aromatic N) is 1. The van der Waals surface area contributed by atoms with Crippen LogP contribution in [0.3, 0.4) is 0 Å². The van der Waals surface area contributed by atoms with Gasteiger partial charge in [-0.3, -0.25) is 4.79 Å². The molecule has 0 aromatic heterocycles. The second kappa shape index (κ2) is 12.8. The number of urea groups is 1. The van der Waals surface area contributed by atoms with Crippen LogP contribution < -0.4 is 15.4 Å². The Morgan fingerprint density at radius 2 is 1.18 bits per heavy atom. The topological polar surface area (TPSA) is 70.7 Å². The third kappa shape index (κ3) is 6.85. The van der Waals surface area contributed by atoms with E-state index in [-0.39, 0.29) is 11.9 Å². The van der Waals surface area contributed by atoms with Crippen LogP contribution in [0.15, 0.2) is 109 Å². The lowest BCUT2D eigenvalue weighted by Crippen LogP contribution is -2.32. The van der Waals surface area contributed by atoms with E-state index in [1.807, 2.05) is 95.9 Å². The van der Waals surface area contributed by atoms with Gasteiger partial charge in [0, 0.05) is 24.5 Å².